The summed E-state index contributed by atoms with van der Waals surface area (Å²) in [6, 6.07) is 13.8. The Bertz CT molecular complexity index is 1910. The number of benzene rings is 2. The smallest absolute Gasteiger partial charge is 0.422 e. The minimum atomic E-state index is -4.65. The fraction of sp³-hybridized carbons (Fsp3) is 0.207. The lowest BCUT2D eigenvalue weighted by atomic mass is 10.1. The Morgan fingerprint density at radius 1 is 0.953 bits per heavy atom. The van der Waals surface area contributed by atoms with Crippen LogP contribution in [0.4, 0.5) is 27.6 Å². The first-order chi connectivity index (χ1) is 20.3. The third-order valence-corrected chi connectivity index (χ3v) is 7.72. The zero-order valence-electron chi connectivity index (χ0n) is 22.8. The lowest BCUT2D eigenvalue weighted by molar-refractivity contribution is -0.154. The average Bonchev–Trinajstić information content (AvgIpc) is 3.30. The molecule has 14 heteroatoms. The summed E-state index contributed by atoms with van der Waals surface area (Å²) in [5.74, 6) is -2.60. The minimum absolute atomic E-state index is 0.0882. The van der Waals surface area contributed by atoms with Crippen molar-refractivity contribution in [3.05, 3.63) is 104 Å². The molecule has 8 nitrogen and oxygen atoms in total. The van der Waals surface area contributed by atoms with Crippen molar-refractivity contribution in [1.29, 1.82) is 0 Å². The number of nitrogen functional groups attached to an aromatic ring is 1. The minimum Gasteiger partial charge on any atom is -0.468 e. The first-order valence-corrected chi connectivity index (χ1v) is 13.6. The quantitative estimate of drug-likeness (QED) is 0.190. The maximum Gasteiger partial charge on any atom is 0.422 e. The van der Waals surface area contributed by atoms with Crippen molar-refractivity contribution in [2.75, 3.05) is 26.4 Å². The second-order valence-corrected chi connectivity index (χ2v) is 10.9. The van der Waals surface area contributed by atoms with Crippen LogP contribution in [0.3, 0.4) is 0 Å². The number of alkyl halides is 3. The van der Waals surface area contributed by atoms with Crippen molar-refractivity contribution in [3.8, 4) is 22.1 Å². The van der Waals surface area contributed by atoms with E-state index >= 15 is 0 Å². The lowest BCUT2D eigenvalue weighted by Crippen LogP contribution is -2.39. The predicted octanol–water partition coefficient (Wildman–Crippen LogP) is 5.19. The molecular formula is C29H24F5N5O3S. The molecule has 3 aromatic heterocycles. The first-order valence-electron chi connectivity index (χ1n) is 12.8. The van der Waals surface area contributed by atoms with Crippen LogP contribution in [0, 0.1) is 11.6 Å². The van der Waals surface area contributed by atoms with Crippen LogP contribution in [0.1, 0.15) is 11.1 Å². The molecule has 3 heterocycles. The maximum atomic E-state index is 14.8. The third-order valence-electron chi connectivity index (χ3n) is 6.42. The first kappa shape index (κ1) is 29.9. The predicted molar refractivity (Wildman–Crippen MR) is 154 cm³/mol. The second kappa shape index (κ2) is 11.6. The van der Waals surface area contributed by atoms with Gasteiger partial charge in [-0.05, 0) is 55.6 Å². The van der Waals surface area contributed by atoms with E-state index in [1.807, 2.05) is 4.90 Å². The van der Waals surface area contributed by atoms with Gasteiger partial charge in [0.05, 0.1) is 11.9 Å². The highest BCUT2D eigenvalue weighted by atomic mass is 32.1. The number of anilines is 1. The molecule has 0 atom stereocenters. The van der Waals surface area contributed by atoms with E-state index in [0.717, 1.165) is 34.1 Å². The summed E-state index contributed by atoms with van der Waals surface area (Å²) in [6.45, 7) is -1.98. The number of halogens is 5. The third kappa shape index (κ3) is 6.15. The number of pyridine rings is 1. The molecule has 0 amide bonds. The number of fused-ring (bicyclic) bond motifs is 1. The van der Waals surface area contributed by atoms with Crippen molar-refractivity contribution < 1.29 is 26.7 Å². The van der Waals surface area contributed by atoms with Crippen LogP contribution in [0.2, 0.25) is 0 Å². The molecule has 43 heavy (non-hydrogen) atoms. The Kier molecular flexibility index (Phi) is 8.08. The second-order valence-electron chi connectivity index (χ2n) is 9.90. The van der Waals surface area contributed by atoms with Gasteiger partial charge in [-0.3, -0.25) is 9.36 Å². The van der Waals surface area contributed by atoms with E-state index in [2.05, 4.69) is 4.98 Å². The molecule has 0 fully saturated rings. The summed E-state index contributed by atoms with van der Waals surface area (Å²) in [7, 11) is 3.56. The monoisotopic (exact) mass is 617 g/mol. The van der Waals surface area contributed by atoms with Gasteiger partial charge in [0, 0.05) is 28.7 Å². The van der Waals surface area contributed by atoms with E-state index in [9.17, 15) is 31.5 Å². The van der Waals surface area contributed by atoms with Gasteiger partial charge in [-0.1, -0.05) is 24.3 Å². The molecule has 5 rings (SSSR count). The molecule has 2 aromatic carbocycles. The highest BCUT2D eigenvalue weighted by Gasteiger charge is 2.29. The van der Waals surface area contributed by atoms with E-state index in [0.29, 0.717) is 26.3 Å². The molecule has 224 valence electrons. The molecule has 0 aliphatic rings. The topological polar surface area (TPSA) is 95.4 Å². The van der Waals surface area contributed by atoms with Gasteiger partial charge in [0.25, 0.3) is 5.56 Å². The van der Waals surface area contributed by atoms with Crippen molar-refractivity contribution in [2.45, 2.75) is 19.3 Å². The number of nitrogens with two attached hydrogens (primary N) is 1. The molecule has 0 saturated heterocycles. The molecule has 0 aliphatic heterocycles. The Hall–Kier alpha value is -4.56. The van der Waals surface area contributed by atoms with Crippen LogP contribution in [0.5, 0.6) is 5.88 Å². The summed E-state index contributed by atoms with van der Waals surface area (Å²) in [5.41, 5.74) is 5.38. The molecule has 0 spiro atoms. The van der Waals surface area contributed by atoms with Gasteiger partial charge in [-0.25, -0.2) is 18.1 Å². The number of ether oxygens (including phenoxy) is 1. The summed E-state index contributed by atoms with van der Waals surface area (Å²) in [6.07, 6.45) is -4.65. The molecule has 0 aliphatic carbocycles. The van der Waals surface area contributed by atoms with Crippen LogP contribution in [0.25, 0.3) is 26.5 Å². The fourth-order valence-electron chi connectivity index (χ4n) is 4.55. The zero-order chi connectivity index (χ0) is 31.1. The van der Waals surface area contributed by atoms with Gasteiger partial charge in [-0.2, -0.15) is 18.2 Å². The van der Waals surface area contributed by atoms with Gasteiger partial charge in [0.15, 0.2) is 6.61 Å². The normalized spacial score (nSPS) is 11.9. The van der Waals surface area contributed by atoms with Gasteiger partial charge < -0.3 is 15.4 Å². The number of nitrogens with zero attached hydrogens (tertiary/aromatic N) is 4. The summed E-state index contributed by atoms with van der Waals surface area (Å²) >= 11 is 1.10. The molecule has 5 aromatic rings. The number of hydrogen-bond acceptors (Lipinski definition) is 7. The van der Waals surface area contributed by atoms with Crippen LogP contribution >= 0.6 is 11.3 Å². The largest absolute Gasteiger partial charge is 0.468 e. The Balaban J connectivity index is 1.83. The highest BCUT2D eigenvalue weighted by Crippen LogP contribution is 2.38. The Morgan fingerprint density at radius 2 is 1.60 bits per heavy atom. The Morgan fingerprint density at radius 3 is 2.23 bits per heavy atom. The molecule has 0 saturated carbocycles. The van der Waals surface area contributed by atoms with E-state index in [1.54, 1.807) is 38.4 Å². The van der Waals surface area contributed by atoms with Crippen molar-refractivity contribution >= 4 is 27.2 Å². The van der Waals surface area contributed by atoms with E-state index in [4.69, 9.17) is 10.5 Å². The van der Waals surface area contributed by atoms with Gasteiger partial charge in [-0.15, -0.1) is 11.3 Å². The average molecular weight is 618 g/mol. The van der Waals surface area contributed by atoms with Crippen molar-refractivity contribution in [1.82, 2.24) is 19.0 Å². The maximum absolute atomic E-state index is 14.8. The molecule has 2 N–H and O–H groups in total. The molecular weight excluding hydrogens is 593 g/mol. The van der Waals surface area contributed by atoms with E-state index in [1.165, 1.54) is 18.2 Å². The van der Waals surface area contributed by atoms with Crippen LogP contribution in [0.15, 0.2) is 70.3 Å². The van der Waals surface area contributed by atoms with E-state index < -0.39 is 53.7 Å². The highest BCUT2D eigenvalue weighted by molar-refractivity contribution is 7.22. The van der Waals surface area contributed by atoms with Crippen LogP contribution in [-0.2, 0) is 13.1 Å². The summed E-state index contributed by atoms with van der Waals surface area (Å²) in [4.78, 5) is 34.7. The SMILES string of the molecule is CN(C)Cc1c(-c2ccc(N)cc2)sc2c1c(=O)n(-c1cccc(OCC(F)(F)F)n1)c(=O)n2Cc1c(F)cccc1F. The van der Waals surface area contributed by atoms with Crippen LogP contribution in [-0.4, -0.2) is 45.9 Å². The Labute approximate surface area is 245 Å². The number of rotatable bonds is 8. The standard InChI is InChI=1S/C29H24F5N5O3S/c1-37(2)13-19-24-26(40)39(22-7-4-8-23(36-22)42-15-29(32,33)34)28(41)38(14-18-20(30)5-3-6-21(18)31)27(24)43-25(19)16-9-11-17(35)12-10-16/h3-12H,13-15,35H2,1-2H3. The number of hydrogen-bond donors (Lipinski definition) is 1. The fourth-order valence-corrected chi connectivity index (χ4v) is 5.85. The van der Waals surface area contributed by atoms with Gasteiger partial charge in [0.2, 0.25) is 5.88 Å². The number of thiophene rings is 1. The number of aromatic nitrogens is 3. The molecule has 0 radical (unpaired) electrons. The van der Waals surface area contributed by atoms with E-state index in [-0.39, 0.29) is 22.6 Å². The summed E-state index contributed by atoms with van der Waals surface area (Å²) < 4.78 is 74.4. The van der Waals surface area contributed by atoms with Crippen molar-refractivity contribution in [2.24, 2.45) is 0 Å². The van der Waals surface area contributed by atoms with Gasteiger partial charge >= 0.3 is 11.9 Å². The van der Waals surface area contributed by atoms with Gasteiger partial charge in [0.1, 0.15) is 22.3 Å². The summed E-state index contributed by atoms with van der Waals surface area (Å²) in [5, 5.41) is 0.0882. The lowest BCUT2D eigenvalue weighted by Gasteiger charge is -2.15. The van der Waals surface area contributed by atoms with Crippen LogP contribution < -0.4 is 21.7 Å². The molecule has 0 unspecified atom stereocenters. The van der Waals surface area contributed by atoms with Crippen molar-refractivity contribution in [3.63, 3.8) is 0 Å². The zero-order valence-corrected chi connectivity index (χ0v) is 23.6. The molecule has 0 bridgehead atoms.